The highest BCUT2D eigenvalue weighted by Crippen LogP contribution is 2.29. The van der Waals surface area contributed by atoms with E-state index in [9.17, 15) is 4.79 Å². The lowest BCUT2D eigenvalue weighted by atomic mass is 10.1. The van der Waals surface area contributed by atoms with E-state index in [-0.39, 0.29) is 11.7 Å². The van der Waals surface area contributed by atoms with Gasteiger partial charge in [-0.15, -0.1) is 0 Å². The van der Waals surface area contributed by atoms with Crippen molar-refractivity contribution in [2.45, 2.75) is 25.5 Å². The molecule has 0 bridgehead atoms. The van der Waals surface area contributed by atoms with Gasteiger partial charge in [-0.05, 0) is 18.2 Å². The maximum absolute atomic E-state index is 12.3. The van der Waals surface area contributed by atoms with E-state index in [1.807, 2.05) is 12.1 Å². The molecule has 0 aliphatic carbocycles. The van der Waals surface area contributed by atoms with Crippen molar-refractivity contribution < 1.29 is 9.47 Å². The summed E-state index contributed by atoms with van der Waals surface area (Å²) in [6.45, 7) is 3.03. The van der Waals surface area contributed by atoms with E-state index in [4.69, 9.17) is 9.47 Å². The summed E-state index contributed by atoms with van der Waals surface area (Å²) in [5, 5.41) is 1.12. The fourth-order valence-corrected chi connectivity index (χ4v) is 3.75. The molecule has 0 amide bonds. The second-order valence-corrected chi connectivity index (χ2v) is 7.16. The molecule has 0 unspecified atom stereocenters. The van der Waals surface area contributed by atoms with E-state index in [1.54, 1.807) is 31.1 Å². The number of anilines is 1. The normalized spacial score (nSPS) is 15.3. The van der Waals surface area contributed by atoms with Crippen molar-refractivity contribution in [2.24, 2.45) is 7.05 Å². The highest BCUT2D eigenvalue weighted by Gasteiger charge is 2.24. The Hall–Kier alpha value is -2.80. The molecule has 4 rings (SSSR count). The summed E-state index contributed by atoms with van der Waals surface area (Å²) >= 11 is 0. The van der Waals surface area contributed by atoms with E-state index >= 15 is 0 Å². The van der Waals surface area contributed by atoms with Crippen LogP contribution in [0.3, 0.4) is 0 Å². The molecule has 1 aliphatic rings. The van der Waals surface area contributed by atoms with Crippen molar-refractivity contribution in [3.05, 3.63) is 53.2 Å². The predicted octanol–water partition coefficient (Wildman–Crippen LogP) is 2.43. The highest BCUT2D eigenvalue weighted by molar-refractivity contribution is 5.86. The molecule has 0 spiro atoms. The summed E-state index contributed by atoms with van der Waals surface area (Å²) in [7, 11) is 3.47. The zero-order chi connectivity index (χ0) is 19.5. The second-order valence-electron chi connectivity index (χ2n) is 7.16. The lowest BCUT2D eigenvalue weighted by Gasteiger charge is -2.32. The van der Waals surface area contributed by atoms with Gasteiger partial charge in [0.25, 0.3) is 5.56 Å². The first-order chi connectivity index (χ1) is 13.7. The summed E-state index contributed by atoms with van der Waals surface area (Å²) in [6.07, 6.45) is 7.29. The molecule has 0 radical (unpaired) electrons. The van der Waals surface area contributed by atoms with Crippen LogP contribution in [0.5, 0.6) is 5.75 Å². The average Bonchev–Trinajstić information content (AvgIpc) is 3.13. The van der Waals surface area contributed by atoms with Crippen molar-refractivity contribution in [3.8, 4) is 5.75 Å². The Labute approximate surface area is 164 Å². The molecule has 1 aliphatic heterocycles. The van der Waals surface area contributed by atoms with Gasteiger partial charge >= 0.3 is 0 Å². The number of aryl methyl sites for hydroxylation is 1. The van der Waals surface area contributed by atoms with Gasteiger partial charge < -0.3 is 23.5 Å². The maximum Gasteiger partial charge on any atom is 0.293 e. The average molecular weight is 382 g/mol. The van der Waals surface area contributed by atoms with Crippen LogP contribution in [-0.4, -0.2) is 47.0 Å². The van der Waals surface area contributed by atoms with Gasteiger partial charge in [0.15, 0.2) is 5.82 Å². The topological polar surface area (TPSA) is 61.5 Å². The van der Waals surface area contributed by atoms with Gasteiger partial charge in [0.2, 0.25) is 0 Å². The smallest absolute Gasteiger partial charge is 0.293 e. The van der Waals surface area contributed by atoms with Crippen LogP contribution >= 0.6 is 0 Å². The van der Waals surface area contributed by atoms with Gasteiger partial charge in [0.05, 0.1) is 12.1 Å². The fourth-order valence-electron chi connectivity index (χ4n) is 3.75. The van der Waals surface area contributed by atoms with E-state index in [0.29, 0.717) is 12.4 Å². The van der Waals surface area contributed by atoms with Crippen molar-refractivity contribution in [1.29, 1.82) is 0 Å². The Balaban J connectivity index is 1.44. The molecule has 28 heavy (non-hydrogen) atoms. The molecule has 1 saturated heterocycles. The van der Waals surface area contributed by atoms with Gasteiger partial charge in [-0.25, -0.2) is 4.98 Å². The highest BCUT2D eigenvalue weighted by atomic mass is 16.5. The minimum Gasteiger partial charge on any atom is -0.490 e. The molecular weight excluding hydrogens is 356 g/mol. The minimum absolute atomic E-state index is 0.0518. The first-order valence-electron chi connectivity index (χ1n) is 9.67. The SMILES string of the molecule is COCCn1ccc2c(OC3CCN(c4nccn(C)c4=O)CC3)cccc21. The third-order valence-electron chi connectivity index (χ3n) is 5.34. The standard InChI is InChI=1S/C21H26N4O3/c1-23-13-9-22-20(21(23)26)25-10-6-16(7-11-25)28-19-5-3-4-18-17(19)8-12-24(18)14-15-27-2/h3-5,8-9,12-13,16H,6-7,10-11,14-15H2,1-2H3. The van der Waals surface area contributed by atoms with Crippen LogP contribution in [-0.2, 0) is 18.3 Å². The molecule has 3 heterocycles. The third kappa shape index (κ3) is 3.62. The molecule has 0 atom stereocenters. The number of aromatic nitrogens is 3. The van der Waals surface area contributed by atoms with Crippen molar-refractivity contribution >= 4 is 16.7 Å². The quantitative estimate of drug-likeness (QED) is 0.655. The van der Waals surface area contributed by atoms with E-state index in [2.05, 4.69) is 32.8 Å². The molecule has 7 heteroatoms. The van der Waals surface area contributed by atoms with Gasteiger partial charge in [-0.3, -0.25) is 4.79 Å². The number of piperidine rings is 1. The number of ether oxygens (including phenoxy) is 2. The van der Waals surface area contributed by atoms with Crippen LogP contribution in [0, 0.1) is 0 Å². The first kappa shape index (κ1) is 18.6. The number of benzene rings is 1. The predicted molar refractivity (Wildman–Crippen MR) is 109 cm³/mol. The Kier molecular flexibility index (Phi) is 5.34. The van der Waals surface area contributed by atoms with E-state index in [0.717, 1.165) is 49.1 Å². The van der Waals surface area contributed by atoms with Crippen molar-refractivity contribution in [3.63, 3.8) is 0 Å². The Morgan fingerprint density at radius 1 is 1.18 bits per heavy atom. The van der Waals surface area contributed by atoms with Crippen molar-refractivity contribution in [1.82, 2.24) is 14.1 Å². The summed E-state index contributed by atoms with van der Waals surface area (Å²) in [5.41, 5.74) is 1.10. The largest absolute Gasteiger partial charge is 0.490 e. The lowest BCUT2D eigenvalue weighted by molar-refractivity contribution is 0.173. The van der Waals surface area contributed by atoms with Crippen LogP contribution in [0.15, 0.2) is 47.7 Å². The number of fused-ring (bicyclic) bond motifs is 1. The monoisotopic (exact) mass is 382 g/mol. The van der Waals surface area contributed by atoms with Crippen molar-refractivity contribution in [2.75, 3.05) is 31.7 Å². The summed E-state index contributed by atoms with van der Waals surface area (Å²) in [5.74, 6) is 1.45. The Bertz CT molecular complexity index is 1000. The van der Waals surface area contributed by atoms with E-state index in [1.165, 1.54) is 0 Å². The zero-order valence-electron chi connectivity index (χ0n) is 16.4. The van der Waals surface area contributed by atoms with E-state index < -0.39 is 0 Å². The molecule has 148 valence electrons. The molecule has 1 aromatic carbocycles. The Morgan fingerprint density at radius 2 is 2.00 bits per heavy atom. The zero-order valence-corrected chi connectivity index (χ0v) is 16.4. The van der Waals surface area contributed by atoms with Gasteiger partial charge in [0.1, 0.15) is 11.9 Å². The second kappa shape index (κ2) is 8.06. The summed E-state index contributed by atoms with van der Waals surface area (Å²) in [4.78, 5) is 18.6. The van der Waals surface area contributed by atoms with Gasteiger partial charge in [-0.2, -0.15) is 0 Å². The van der Waals surface area contributed by atoms with Gasteiger partial charge in [-0.1, -0.05) is 6.07 Å². The number of hydrogen-bond donors (Lipinski definition) is 0. The van der Waals surface area contributed by atoms with Gasteiger partial charge in [0, 0.05) is 70.6 Å². The van der Waals surface area contributed by atoms with Crippen LogP contribution in [0.25, 0.3) is 10.9 Å². The number of hydrogen-bond acceptors (Lipinski definition) is 5. The molecule has 0 N–H and O–H groups in total. The van der Waals surface area contributed by atoms with Crippen LogP contribution in [0.4, 0.5) is 5.82 Å². The summed E-state index contributed by atoms with van der Waals surface area (Å²) < 4.78 is 15.3. The lowest BCUT2D eigenvalue weighted by Crippen LogP contribution is -2.41. The van der Waals surface area contributed by atoms with Crippen LogP contribution in [0.2, 0.25) is 0 Å². The van der Waals surface area contributed by atoms with Crippen LogP contribution < -0.4 is 15.2 Å². The Morgan fingerprint density at radius 3 is 2.79 bits per heavy atom. The molecule has 2 aromatic heterocycles. The number of methoxy groups -OCH3 is 1. The number of rotatable bonds is 6. The molecule has 3 aromatic rings. The summed E-state index contributed by atoms with van der Waals surface area (Å²) in [6, 6.07) is 8.28. The molecule has 0 saturated carbocycles. The number of nitrogens with zero attached hydrogens (tertiary/aromatic N) is 4. The third-order valence-corrected chi connectivity index (χ3v) is 5.34. The van der Waals surface area contributed by atoms with Crippen LogP contribution in [0.1, 0.15) is 12.8 Å². The maximum atomic E-state index is 12.3. The molecule has 1 fully saturated rings. The minimum atomic E-state index is -0.0518. The molecule has 7 nitrogen and oxygen atoms in total. The molecular formula is C21H26N4O3. The fraction of sp³-hybridized carbons (Fsp3) is 0.429. The first-order valence-corrected chi connectivity index (χ1v) is 9.67.